The molecule has 1 aromatic rings. The van der Waals surface area contributed by atoms with Crippen molar-refractivity contribution < 1.29 is 14.6 Å². The topological polar surface area (TPSA) is 62.7 Å². The molecule has 5 heteroatoms. The molecule has 1 amide bonds. The Kier molecular flexibility index (Phi) is 2.32. The first-order chi connectivity index (χ1) is 6.81. The Morgan fingerprint density at radius 3 is 3.07 bits per heavy atom. The monoisotopic (exact) mass is 194 g/mol. The Morgan fingerprint density at radius 1 is 1.64 bits per heavy atom. The zero-order valence-corrected chi connectivity index (χ0v) is 7.46. The summed E-state index contributed by atoms with van der Waals surface area (Å²) in [7, 11) is 0. The van der Waals surface area contributed by atoms with E-state index in [1.807, 2.05) is 0 Å². The van der Waals surface area contributed by atoms with Gasteiger partial charge in [-0.25, -0.2) is 9.78 Å². The Morgan fingerprint density at radius 2 is 2.50 bits per heavy atom. The van der Waals surface area contributed by atoms with Crippen molar-refractivity contribution in [2.75, 3.05) is 18.1 Å². The third-order valence-corrected chi connectivity index (χ3v) is 2.00. The normalized spacial score (nSPS) is 21.1. The van der Waals surface area contributed by atoms with Crippen LogP contribution in [0.1, 0.15) is 0 Å². The average molecular weight is 194 g/mol. The summed E-state index contributed by atoms with van der Waals surface area (Å²) in [5.41, 5.74) is 0. The van der Waals surface area contributed by atoms with Crippen molar-refractivity contribution in [3.8, 4) is 0 Å². The summed E-state index contributed by atoms with van der Waals surface area (Å²) in [4.78, 5) is 16.7. The standard InChI is InChI=1S/C9H10N2O3/c12-6-7-5-11(9(13)14-7)8-3-1-2-4-10-8/h1-4,7,12H,5-6H2. The number of nitrogens with zero attached hydrogens (tertiary/aromatic N) is 2. The first-order valence-corrected chi connectivity index (χ1v) is 4.31. The molecule has 0 bridgehead atoms. The number of pyridine rings is 1. The number of aromatic nitrogens is 1. The van der Waals surface area contributed by atoms with E-state index in [1.54, 1.807) is 24.4 Å². The van der Waals surface area contributed by atoms with Crippen LogP contribution in [0.5, 0.6) is 0 Å². The molecule has 1 atom stereocenters. The number of carbonyl (C=O) groups is 1. The number of hydrogen-bond donors (Lipinski definition) is 1. The number of amides is 1. The Hall–Kier alpha value is -1.62. The molecular formula is C9H10N2O3. The lowest BCUT2D eigenvalue weighted by Crippen LogP contribution is -2.26. The van der Waals surface area contributed by atoms with Crippen LogP contribution in [0.4, 0.5) is 10.6 Å². The summed E-state index contributed by atoms with van der Waals surface area (Å²) < 4.78 is 4.87. The maximum atomic E-state index is 11.3. The predicted molar refractivity (Wildman–Crippen MR) is 48.9 cm³/mol. The minimum Gasteiger partial charge on any atom is -0.441 e. The number of ether oxygens (including phenoxy) is 1. The van der Waals surface area contributed by atoms with Crippen LogP contribution in [-0.2, 0) is 4.74 Å². The highest BCUT2D eigenvalue weighted by atomic mass is 16.6. The molecule has 1 aliphatic heterocycles. The van der Waals surface area contributed by atoms with Crippen molar-refractivity contribution >= 4 is 11.9 Å². The van der Waals surface area contributed by atoms with Gasteiger partial charge in [0.2, 0.25) is 0 Å². The highest BCUT2D eigenvalue weighted by Crippen LogP contribution is 2.18. The van der Waals surface area contributed by atoms with Crippen molar-refractivity contribution in [3.05, 3.63) is 24.4 Å². The molecule has 14 heavy (non-hydrogen) atoms. The number of aliphatic hydroxyl groups is 1. The Bertz CT molecular complexity index is 328. The summed E-state index contributed by atoms with van der Waals surface area (Å²) in [6.45, 7) is 0.196. The summed E-state index contributed by atoms with van der Waals surface area (Å²) in [6, 6.07) is 5.29. The molecule has 1 unspecified atom stereocenters. The molecule has 1 saturated heterocycles. The summed E-state index contributed by atoms with van der Waals surface area (Å²) in [6.07, 6.45) is 0.710. The molecule has 1 aliphatic rings. The highest BCUT2D eigenvalue weighted by molar-refractivity contribution is 5.88. The molecule has 1 fully saturated rings. The number of rotatable bonds is 2. The van der Waals surface area contributed by atoms with Gasteiger partial charge in [-0.2, -0.15) is 0 Å². The van der Waals surface area contributed by atoms with Crippen molar-refractivity contribution in [1.82, 2.24) is 4.98 Å². The van der Waals surface area contributed by atoms with E-state index < -0.39 is 12.2 Å². The Balaban J connectivity index is 2.17. The van der Waals surface area contributed by atoms with Crippen LogP contribution >= 0.6 is 0 Å². The van der Waals surface area contributed by atoms with Gasteiger partial charge in [-0.3, -0.25) is 4.90 Å². The number of hydrogen-bond acceptors (Lipinski definition) is 4. The summed E-state index contributed by atoms with van der Waals surface area (Å²) >= 11 is 0. The van der Waals surface area contributed by atoms with Crippen LogP contribution in [0.15, 0.2) is 24.4 Å². The summed E-state index contributed by atoms with van der Waals surface area (Å²) in [5.74, 6) is 0.549. The number of aliphatic hydroxyl groups excluding tert-OH is 1. The van der Waals surface area contributed by atoms with Gasteiger partial charge in [-0.1, -0.05) is 6.07 Å². The highest BCUT2D eigenvalue weighted by Gasteiger charge is 2.32. The van der Waals surface area contributed by atoms with Crippen molar-refractivity contribution in [2.24, 2.45) is 0 Å². The van der Waals surface area contributed by atoms with Crippen LogP contribution in [0.3, 0.4) is 0 Å². The molecule has 1 aromatic heterocycles. The second-order valence-electron chi connectivity index (χ2n) is 2.99. The second kappa shape index (κ2) is 3.63. The van der Waals surface area contributed by atoms with E-state index in [0.29, 0.717) is 12.4 Å². The van der Waals surface area contributed by atoms with Crippen molar-refractivity contribution in [2.45, 2.75) is 6.10 Å². The molecule has 1 N–H and O–H groups in total. The van der Waals surface area contributed by atoms with E-state index in [1.165, 1.54) is 4.90 Å². The Labute approximate surface area is 80.9 Å². The third kappa shape index (κ3) is 1.54. The quantitative estimate of drug-likeness (QED) is 0.740. The molecule has 74 valence electrons. The molecule has 0 aliphatic carbocycles. The van der Waals surface area contributed by atoms with Gasteiger partial charge >= 0.3 is 6.09 Å². The fraction of sp³-hybridized carbons (Fsp3) is 0.333. The lowest BCUT2D eigenvalue weighted by atomic mass is 10.3. The molecule has 2 rings (SSSR count). The van der Waals surface area contributed by atoms with Gasteiger partial charge in [-0.05, 0) is 12.1 Å². The van der Waals surface area contributed by atoms with E-state index in [0.717, 1.165) is 0 Å². The first kappa shape index (κ1) is 8.96. The molecule has 5 nitrogen and oxygen atoms in total. The van der Waals surface area contributed by atoms with Gasteiger partial charge in [0.1, 0.15) is 11.9 Å². The van der Waals surface area contributed by atoms with E-state index in [2.05, 4.69) is 4.98 Å². The van der Waals surface area contributed by atoms with Gasteiger partial charge in [0.25, 0.3) is 0 Å². The number of carbonyl (C=O) groups excluding carboxylic acids is 1. The van der Waals surface area contributed by atoms with E-state index in [4.69, 9.17) is 9.84 Å². The minimum atomic E-state index is -0.456. The predicted octanol–water partition coefficient (Wildman–Crippen LogP) is 0.399. The van der Waals surface area contributed by atoms with Crippen LogP contribution in [-0.4, -0.2) is 35.4 Å². The van der Waals surface area contributed by atoms with E-state index >= 15 is 0 Å². The first-order valence-electron chi connectivity index (χ1n) is 4.31. The zero-order chi connectivity index (χ0) is 9.97. The van der Waals surface area contributed by atoms with Gasteiger partial charge in [0.05, 0.1) is 13.2 Å². The average Bonchev–Trinajstić information content (AvgIpc) is 2.61. The number of cyclic esters (lactones) is 1. The maximum Gasteiger partial charge on any atom is 0.416 e. The van der Waals surface area contributed by atoms with E-state index in [-0.39, 0.29) is 6.61 Å². The zero-order valence-electron chi connectivity index (χ0n) is 7.46. The largest absolute Gasteiger partial charge is 0.441 e. The van der Waals surface area contributed by atoms with Crippen LogP contribution in [0, 0.1) is 0 Å². The molecular weight excluding hydrogens is 184 g/mol. The number of anilines is 1. The smallest absolute Gasteiger partial charge is 0.416 e. The van der Waals surface area contributed by atoms with Gasteiger partial charge in [0, 0.05) is 6.20 Å². The third-order valence-electron chi connectivity index (χ3n) is 2.00. The molecule has 0 saturated carbocycles. The van der Waals surface area contributed by atoms with Gasteiger partial charge in [-0.15, -0.1) is 0 Å². The minimum absolute atomic E-state index is 0.158. The summed E-state index contributed by atoms with van der Waals surface area (Å²) in [5, 5.41) is 8.82. The molecule has 2 heterocycles. The SMILES string of the molecule is O=C1OC(CO)CN1c1ccccn1. The van der Waals surface area contributed by atoms with Crippen molar-refractivity contribution in [3.63, 3.8) is 0 Å². The lowest BCUT2D eigenvalue weighted by molar-refractivity contribution is 0.0963. The fourth-order valence-corrected chi connectivity index (χ4v) is 1.32. The van der Waals surface area contributed by atoms with Crippen LogP contribution < -0.4 is 4.90 Å². The van der Waals surface area contributed by atoms with Crippen LogP contribution in [0.25, 0.3) is 0 Å². The van der Waals surface area contributed by atoms with Gasteiger partial charge in [0.15, 0.2) is 0 Å². The lowest BCUT2D eigenvalue weighted by Gasteiger charge is -2.10. The molecule has 0 aromatic carbocycles. The van der Waals surface area contributed by atoms with E-state index in [9.17, 15) is 4.79 Å². The molecule has 0 radical (unpaired) electrons. The van der Waals surface area contributed by atoms with Crippen molar-refractivity contribution in [1.29, 1.82) is 0 Å². The maximum absolute atomic E-state index is 11.3. The van der Waals surface area contributed by atoms with Gasteiger partial charge < -0.3 is 9.84 Å². The fourth-order valence-electron chi connectivity index (χ4n) is 1.32. The molecule has 0 spiro atoms. The van der Waals surface area contributed by atoms with Crippen LogP contribution in [0.2, 0.25) is 0 Å². The second-order valence-corrected chi connectivity index (χ2v) is 2.99.